The van der Waals surface area contributed by atoms with Gasteiger partial charge in [0, 0.05) is 41.7 Å². The normalized spacial score (nSPS) is 20.9. The second-order valence-electron chi connectivity index (χ2n) is 12.1. The number of rotatable bonds is 11. The molecule has 6 heteroatoms. The van der Waals surface area contributed by atoms with Crippen molar-refractivity contribution in [2.75, 3.05) is 0 Å². The molecule has 2 saturated carbocycles. The summed E-state index contributed by atoms with van der Waals surface area (Å²) in [6.07, 6.45) is 6.55. The third kappa shape index (κ3) is 6.75. The highest BCUT2D eigenvalue weighted by molar-refractivity contribution is 6.31. The minimum absolute atomic E-state index is 0.00657. The minimum Gasteiger partial charge on any atom is -0.481 e. The molecule has 5 nitrogen and oxygen atoms in total. The monoisotopic (exact) mass is 499 g/mol. The van der Waals surface area contributed by atoms with Crippen LogP contribution in [0.2, 0.25) is 5.02 Å². The van der Waals surface area contributed by atoms with Crippen LogP contribution in [0, 0.1) is 18.3 Å². The predicted octanol–water partition coefficient (Wildman–Crippen LogP) is 7.59. The molecule has 2 aliphatic carbocycles. The molecule has 1 aromatic heterocycles. The lowest BCUT2D eigenvalue weighted by Gasteiger charge is -2.38. The summed E-state index contributed by atoms with van der Waals surface area (Å²) in [4.78, 5) is 24.5. The molecule has 2 aliphatic rings. The van der Waals surface area contributed by atoms with Crippen molar-refractivity contribution in [1.82, 2.24) is 5.16 Å². The Hall–Kier alpha value is -2.14. The number of nitrogens with zero attached hydrogens (tertiary/aromatic N) is 1. The fourth-order valence-electron chi connectivity index (χ4n) is 5.66. The van der Waals surface area contributed by atoms with E-state index in [4.69, 9.17) is 16.1 Å². The average Bonchev–Trinajstić information content (AvgIpc) is 3.47. The zero-order valence-electron chi connectivity index (χ0n) is 21.4. The van der Waals surface area contributed by atoms with E-state index in [1.807, 2.05) is 25.1 Å². The van der Waals surface area contributed by atoms with Crippen molar-refractivity contribution in [3.05, 3.63) is 51.4 Å². The maximum absolute atomic E-state index is 13.1. The van der Waals surface area contributed by atoms with Gasteiger partial charge in [0.25, 0.3) is 0 Å². The highest BCUT2D eigenvalue weighted by atomic mass is 35.5. The summed E-state index contributed by atoms with van der Waals surface area (Å²) >= 11 is 6.36. The van der Waals surface area contributed by atoms with Crippen LogP contribution in [0.3, 0.4) is 0 Å². The standard InChI is InChI=1S/C29H38ClNO4/c1-17-5-6-20(24(30)11-17)14-23(32)15-21(9-10-25(33)34)27-26(19-7-8-19)28(35-31-27)22-12-18(13-22)16-29(2,3)4/h5-6,11,18-19,21-22H,7-10,12-16H2,1-4H3,(H,33,34). The van der Waals surface area contributed by atoms with Gasteiger partial charge in [0.15, 0.2) is 0 Å². The Bertz CT molecular complexity index is 1070. The maximum Gasteiger partial charge on any atom is 0.303 e. The molecule has 1 heterocycles. The van der Waals surface area contributed by atoms with E-state index in [-0.39, 0.29) is 31.0 Å². The van der Waals surface area contributed by atoms with Gasteiger partial charge in [-0.05, 0) is 79.9 Å². The number of benzene rings is 1. The number of aliphatic carboxylic acids is 1. The number of carbonyl (C=O) groups excluding carboxylic acids is 1. The lowest BCUT2D eigenvalue weighted by molar-refractivity contribution is -0.137. The minimum atomic E-state index is -0.857. The Labute approximate surface area is 213 Å². The summed E-state index contributed by atoms with van der Waals surface area (Å²) in [5.41, 5.74) is 4.19. The summed E-state index contributed by atoms with van der Waals surface area (Å²) in [5, 5.41) is 14.4. The molecule has 0 bridgehead atoms. The number of hydrogen-bond donors (Lipinski definition) is 1. The number of aryl methyl sites for hydroxylation is 1. The van der Waals surface area contributed by atoms with Gasteiger partial charge in [-0.1, -0.05) is 49.7 Å². The molecule has 35 heavy (non-hydrogen) atoms. The van der Waals surface area contributed by atoms with Crippen molar-refractivity contribution in [2.24, 2.45) is 11.3 Å². The van der Waals surface area contributed by atoms with Gasteiger partial charge < -0.3 is 9.63 Å². The first-order chi connectivity index (χ1) is 16.5. The number of carboxylic acid groups (broad SMARTS) is 1. The van der Waals surface area contributed by atoms with Crippen LogP contribution in [0.5, 0.6) is 0 Å². The van der Waals surface area contributed by atoms with Gasteiger partial charge in [-0.2, -0.15) is 0 Å². The quantitative estimate of drug-likeness (QED) is 0.344. The van der Waals surface area contributed by atoms with E-state index in [1.165, 1.54) is 12.0 Å². The van der Waals surface area contributed by atoms with Crippen molar-refractivity contribution in [3.63, 3.8) is 0 Å². The Morgan fingerprint density at radius 1 is 1.20 bits per heavy atom. The van der Waals surface area contributed by atoms with E-state index < -0.39 is 5.97 Å². The molecule has 1 unspecified atom stereocenters. The summed E-state index contributed by atoms with van der Waals surface area (Å²) in [7, 11) is 0. The highest BCUT2D eigenvalue weighted by Crippen LogP contribution is 2.53. The molecular weight excluding hydrogens is 462 g/mol. The van der Waals surface area contributed by atoms with Crippen LogP contribution < -0.4 is 0 Å². The van der Waals surface area contributed by atoms with Crippen molar-refractivity contribution >= 4 is 23.4 Å². The summed E-state index contributed by atoms with van der Waals surface area (Å²) in [5.74, 6) is 1.48. The van der Waals surface area contributed by atoms with E-state index in [9.17, 15) is 14.7 Å². The second-order valence-corrected chi connectivity index (χ2v) is 12.5. The van der Waals surface area contributed by atoms with Gasteiger partial charge >= 0.3 is 5.97 Å². The third-order valence-electron chi connectivity index (χ3n) is 7.44. The molecule has 0 radical (unpaired) electrons. The van der Waals surface area contributed by atoms with Gasteiger partial charge in [-0.3, -0.25) is 9.59 Å². The van der Waals surface area contributed by atoms with Crippen molar-refractivity contribution in [1.29, 1.82) is 0 Å². The van der Waals surface area contributed by atoms with Gasteiger partial charge in [-0.25, -0.2) is 0 Å². The molecule has 190 valence electrons. The van der Waals surface area contributed by atoms with Gasteiger partial charge in [0.1, 0.15) is 11.5 Å². The Balaban J connectivity index is 1.51. The van der Waals surface area contributed by atoms with Gasteiger partial charge in [-0.15, -0.1) is 0 Å². The molecule has 1 N–H and O–H groups in total. The second kappa shape index (κ2) is 10.5. The average molecular weight is 500 g/mol. The Kier molecular flexibility index (Phi) is 7.75. The van der Waals surface area contributed by atoms with Crippen molar-refractivity contribution in [2.45, 2.75) is 103 Å². The van der Waals surface area contributed by atoms with Crippen LogP contribution in [-0.2, 0) is 16.0 Å². The van der Waals surface area contributed by atoms with Crippen molar-refractivity contribution in [3.8, 4) is 0 Å². The molecule has 2 fully saturated rings. The first-order valence-electron chi connectivity index (χ1n) is 13.0. The fraction of sp³-hybridized carbons (Fsp3) is 0.621. The molecule has 0 spiro atoms. The smallest absolute Gasteiger partial charge is 0.303 e. The molecule has 1 aromatic carbocycles. The first-order valence-corrected chi connectivity index (χ1v) is 13.4. The van der Waals surface area contributed by atoms with E-state index in [2.05, 4.69) is 25.9 Å². The molecule has 4 rings (SSSR count). The van der Waals surface area contributed by atoms with Crippen LogP contribution in [0.1, 0.15) is 118 Å². The molecule has 0 saturated heterocycles. The van der Waals surface area contributed by atoms with Crippen LogP contribution >= 0.6 is 11.6 Å². The number of carbonyl (C=O) groups is 2. The third-order valence-corrected chi connectivity index (χ3v) is 7.79. The van der Waals surface area contributed by atoms with Crippen molar-refractivity contribution < 1.29 is 19.2 Å². The lowest BCUT2D eigenvalue weighted by Crippen LogP contribution is -2.26. The topological polar surface area (TPSA) is 80.4 Å². The van der Waals surface area contributed by atoms with Crippen LogP contribution in [0.4, 0.5) is 0 Å². The number of hydrogen-bond acceptors (Lipinski definition) is 4. The number of Topliss-reactive ketones (excluding diaryl/α,β-unsaturated/α-hetero) is 1. The number of ketones is 1. The van der Waals surface area contributed by atoms with E-state index in [1.54, 1.807) is 0 Å². The summed E-state index contributed by atoms with van der Waals surface area (Å²) in [6.45, 7) is 8.83. The first kappa shape index (κ1) is 25.9. The molecule has 0 amide bonds. The SMILES string of the molecule is Cc1ccc(CC(=O)CC(CCC(=O)O)c2noc(C3CC(CC(C)(C)C)C3)c2C2CC2)c(Cl)c1. The van der Waals surface area contributed by atoms with Gasteiger partial charge in [0.05, 0.1) is 5.69 Å². The number of carboxylic acids is 1. The zero-order valence-corrected chi connectivity index (χ0v) is 22.2. The van der Waals surface area contributed by atoms with Crippen LogP contribution in [-0.4, -0.2) is 22.0 Å². The van der Waals surface area contributed by atoms with E-state index in [0.717, 1.165) is 48.3 Å². The Morgan fingerprint density at radius 3 is 2.51 bits per heavy atom. The zero-order chi connectivity index (χ0) is 25.3. The summed E-state index contributed by atoms with van der Waals surface area (Å²) < 4.78 is 5.97. The Morgan fingerprint density at radius 2 is 1.91 bits per heavy atom. The molecular formula is C29H38ClNO4. The number of halogens is 1. The summed E-state index contributed by atoms with van der Waals surface area (Å²) in [6, 6.07) is 5.72. The van der Waals surface area contributed by atoms with Crippen LogP contribution in [0.25, 0.3) is 0 Å². The number of aromatic nitrogens is 1. The van der Waals surface area contributed by atoms with Gasteiger partial charge in [0.2, 0.25) is 0 Å². The fourth-order valence-corrected chi connectivity index (χ4v) is 5.97. The van der Waals surface area contributed by atoms with E-state index in [0.29, 0.717) is 34.6 Å². The lowest BCUT2D eigenvalue weighted by atomic mass is 9.66. The molecule has 2 aromatic rings. The van der Waals surface area contributed by atoms with Crippen LogP contribution in [0.15, 0.2) is 22.7 Å². The maximum atomic E-state index is 13.1. The van der Waals surface area contributed by atoms with E-state index >= 15 is 0 Å². The molecule has 1 atom stereocenters. The highest BCUT2D eigenvalue weighted by Gasteiger charge is 2.42. The predicted molar refractivity (Wildman–Crippen MR) is 137 cm³/mol. The largest absolute Gasteiger partial charge is 0.481 e. The molecule has 0 aliphatic heterocycles.